The maximum absolute atomic E-state index is 12.9. The summed E-state index contributed by atoms with van der Waals surface area (Å²) in [6.07, 6.45) is 5.53. The lowest BCUT2D eigenvalue weighted by Gasteiger charge is -2.35. The molecular formula is C19H23N5O. The molecule has 0 aromatic carbocycles. The molecule has 0 saturated carbocycles. The maximum Gasteiger partial charge on any atom is 0.227 e. The minimum Gasteiger partial charge on any atom is -0.383 e. The van der Waals surface area contributed by atoms with Crippen molar-refractivity contribution in [3.63, 3.8) is 0 Å². The lowest BCUT2D eigenvalue weighted by molar-refractivity contribution is -0.140. The molecule has 25 heavy (non-hydrogen) atoms. The van der Waals surface area contributed by atoms with Crippen LogP contribution < -0.4 is 5.73 Å². The molecule has 2 atom stereocenters. The molecule has 3 saturated heterocycles. The topological polar surface area (TPSA) is 75.3 Å². The van der Waals surface area contributed by atoms with E-state index in [1.54, 1.807) is 12.4 Å². The number of fused-ring (bicyclic) bond motifs is 4. The summed E-state index contributed by atoms with van der Waals surface area (Å²) in [6, 6.07) is 10.0. The summed E-state index contributed by atoms with van der Waals surface area (Å²) in [5.74, 6) is 0.916. The summed E-state index contributed by atoms with van der Waals surface area (Å²) in [6.45, 7) is 3.02. The van der Waals surface area contributed by atoms with E-state index in [1.807, 2.05) is 35.2 Å². The van der Waals surface area contributed by atoms with Gasteiger partial charge in [-0.25, -0.2) is 4.98 Å². The first kappa shape index (κ1) is 16.0. The Kier molecular flexibility index (Phi) is 4.36. The van der Waals surface area contributed by atoms with Gasteiger partial charge < -0.3 is 10.6 Å². The van der Waals surface area contributed by atoms with Crippen LogP contribution in [0.4, 0.5) is 5.82 Å². The monoisotopic (exact) mass is 337 g/mol. The first-order chi connectivity index (χ1) is 12.2. The van der Waals surface area contributed by atoms with Crippen LogP contribution in [-0.4, -0.2) is 44.8 Å². The Morgan fingerprint density at radius 1 is 1.04 bits per heavy atom. The molecule has 2 bridgehead atoms. The smallest absolute Gasteiger partial charge is 0.227 e. The number of rotatable bonds is 4. The number of hydrogen-bond donors (Lipinski definition) is 1. The number of nitrogen functional groups attached to an aromatic ring is 1. The minimum atomic E-state index is 0.0698. The third-order valence-electron chi connectivity index (χ3n) is 5.25. The number of aromatic nitrogens is 2. The summed E-state index contributed by atoms with van der Waals surface area (Å²) in [7, 11) is 0. The summed E-state index contributed by atoms with van der Waals surface area (Å²) in [5.41, 5.74) is 7.98. The van der Waals surface area contributed by atoms with Crippen molar-refractivity contribution in [1.82, 2.24) is 19.8 Å². The van der Waals surface area contributed by atoms with Crippen molar-refractivity contribution in [3.05, 3.63) is 54.0 Å². The minimum absolute atomic E-state index is 0.0698. The normalized spacial score (nSPS) is 23.7. The van der Waals surface area contributed by atoms with Crippen LogP contribution in [0.2, 0.25) is 0 Å². The van der Waals surface area contributed by atoms with Crippen LogP contribution in [0.5, 0.6) is 0 Å². The Morgan fingerprint density at radius 2 is 1.92 bits per heavy atom. The molecule has 2 aromatic rings. The van der Waals surface area contributed by atoms with Crippen molar-refractivity contribution >= 4 is 11.7 Å². The molecule has 5 rings (SSSR count). The Bertz CT molecular complexity index is 750. The van der Waals surface area contributed by atoms with Crippen LogP contribution in [0.1, 0.15) is 24.1 Å². The Labute approximate surface area is 147 Å². The number of nitrogens with zero attached hydrogens (tertiary/aromatic N) is 4. The fourth-order valence-corrected chi connectivity index (χ4v) is 3.96. The highest BCUT2D eigenvalue weighted by atomic mass is 16.2. The Balaban J connectivity index is 1.51. The van der Waals surface area contributed by atoms with Crippen LogP contribution in [0, 0.1) is 5.92 Å². The van der Waals surface area contributed by atoms with E-state index in [2.05, 4.69) is 14.9 Å². The highest BCUT2D eigenvalue weighted by molar-refractivity contribution is 5.80. The molecule has 0 spiro atoms. The molecule has 0 radical (unpaired) electrons. The van der Waals surface area contributed by atoms with E-state index in [4.69, 9.17) is 5.73 Å². The van der Waals surface area contributed by atoms with Crippen LogP contribution in [0.15, 0.2) is 42.7 Å². The standard InChI is InChI=1S/C19H23N5O/c20-18-14(4-3-9-22-18)10-23-11-15-6-7-17(13-23)24(19(15)25)12-16-5-1-2-8-21-16/h1-5,8-9,15,17H,6-7,10-13H2,(H2,20,22)/t15-,17+/m0/s1. The van der Waals surface area contributed by atoms with Crippen molar-refractivity contribution in [1.29, 1.82) is 0 Å². The van der Waals surface area contributed by atoms with Gasteiger partial charge in [-0.1, -0.05) is 12.1 Å². The van der Waals surface area contributed by atoms with E-state index in [9.17, 15) is 4.79 Å². The van der Waals surface area contributed by atoms with Crippen molar-refractivity contribution < 1.29 is 4.79 Å². The van der Waals surface area contributed by atoms with Gasteiger partial charge in [-0.3, -0.25) is 14.7 Å². The number of hydrogen-bond acceptors (Lipinski definition) is 5. The quantitative estimate of drug-likeness (QED) is 0.919. The van der Waals surface area contributed by atoms with Gasteiger partial charge in [0.1, 0.15) is 5.82 Å². The van der Waals surface area contributed by atoms with Gasteiger partial charge in [0, 0.05) is 43.6 Å². The zero-order valence-electron chi connectivity index (χ0n) is 14.2. The maximum atomic E-state index is 12.9. The number of pyridine rings is 2. The van der Waals surface area contributed by atoms with Gasteiger partial charge in [-0.15, -0.1) is 0 Å². The van der Waals surface area contributed by atoms with Gasteiger partial charge in [-0.2, -0.15) is 0 Å². The molecule has 3 aliphatic heterocycles. The third-order valence-corrected chi connectivity index (χ3v) is 5.25. The molecular weight excluding hydrogens is 314 g/mol. The Morgan fingerprint density at radius 3 is 2.72 bits per heavy atom. The summed E-state index contributed by atoms with van der Waals surface area (Å²) >= 11 is 0. The largest absolute Gasteiger partial charge is 0.383 e. The van der Waals surface area contributed by atoms with Gasteiger partial charge in [-0.05, 0) is 31.0 Å². The molecule has 130 valence electrons. The zero-order valence-corrected chi connectivity index (χ0v) is 14.2. The fraction of sp³-hybridized carbons (Fsp3) is 0.421. The molecule has 0 unspecified atom stereocenters. The predicted molar refractivity (Wildman–Crippen MR) is 95.2 cm³/mol. The van der Waals surface area contributed by atoms with Crippen molar-refractivity contribution in [2.75, 3.05) is 18.8 Å². The molecule has 2 aromatic heterocycles. The van der Waals surface area contributed by atoms with E-state index in [-0.39, 0.29) is 17.9 Å². The second-order valence-electron chi connectivity index (χ2n) is 6.96. The molecule has 6 nitrogen and oxygen atoms in total. The Hall–Kier alpha value is -2.47. The van der Waals surface area contributed by atoms with Crippen LogP contribution in [0.25, 0.3) is 0 Å². The van der Waals surface area contributed by atoms with Gasteiger partial charge >= 0.3 is 0 Å². The molecule has 3 aliphatic rings. The lowest BCUT2D eigenvalue weighted by atomic mass is 9.94. The van der Waals surface area contributed by atoms with Crippen molar-refractivity contribution in [2.24, 2.45) is 5.92 Å². The second kappa shape index (κ2) is 6.80. The first-order valence-corrected chi connectivity index (χ1v) is 8.83. The summed E-state index contributed by atoms with van der Waals surface area (Å²) in [5, 5.41) is 0. The average Bonchev–Trinajstić information content (AvgIpc) is 2.90. The second-order valence-corrected chi connectivity index (χ2v) is 6.96. The van der Waals surface area contributed by atoms with Crippen molar-refractivity contribution in [3.8, 4) is 0 Å². The average molecular weight is 337 g/mol. The molecule has 6 heteroatoms. The summed E-state index contributed by atoms with van der Waals surface area (Å²) < 4.78 is 0. The van der Waals surface area contributed by atoms with E-state index >= 15 is 0 Å². The molecule has 0 aliphatic carbocycles. The number of amides is 1. The van der Waals surface area contributed by atoms with E-state index in [1.165, 1.54) is 0 Å². The van der Waals surface area contributed by atoms with E-state index in [0.29, 0.717) is 12.4 Å². The van der Waals surface area contributed by atoms with Crippen LogP contribution >= 0.6 is 0 Å². The number of piperidine rings is 1. The SMILES string of the molecule is Nc1ncccc1CN1C[C@@H]2CC[C@H](C1)N(Cc1ccccn1)C2=O. The van der Waals surface area contributed by atoms with Crippen LogP contribution in [0.3, 0.4) is 0 Å². The van der Waals surface area contributed by atoms with Crippen LogP contribution in [-0.2, 0) is 17.9 Å². The molecule has 5 heterocycles. The molecule has 2 N–H and O–H groups in total. The van der Waals surface area contributed by atoms with Crippen molar-refractivity contribution in [2.45, 2.75) is 32.0 Å². The highest BCUT2D eigenvalue weighted by Gasteiger charge is 2.40. The number of nitrogens with two attached hydrogens (primary N) is 1. The highest BCUT2D eigenvalue weighted by Crippen LogP contribution is 2.31. The summed E-state index contributed by atoms with van der Waals surface area (Å²) in [4.78, 5) is 25.9. The van der Waals surface area contributed by atoms with Gasteiger partial charge in [0.25, 0.3) is 0 Å². The van der Waals surface area contributed by atoms with E-state index < -0.39 is 0 Å². The van der Waals surface area contributed by atoms with E-state index in [0.717, 1.165) is 43.7 Å². The fourth-order valence-electron chi connectivity index (χ4n) is 3.96. The van der Waals surface area contributed by atoms with Gasteiger partial charge in [0.15, 0.2) is 0 Å². The third kappa shape index (κ3) is 3.35. The number of carbonyl (C=O) groups is 1. The van der Waals surface area contributed by atoms with Gasteiger partial charge in [0.05, 0.1) is 18.2 Å². The zero-order chi connectivity index (χ0) is 17.2. The molecule has 3 fully saturated rings. The van der Waals surface area contributed by atoms with Gasteiger partial charge in [0.2, 0.25) is 5.91 Å². The predicted octanol–water partition coefficient (Wildman–Crippen LogP) is 1.68. The number of carbonyl (C=O) groups excluding carboxylic acids is 1. The first-order valence-electron chi connectivity index (χ1n) is 8.83. The number of anilines is 1. The lowest BCUT2D eigenvalue weighted by Crippen LogP contribution is -2.47. The molecule has 1 amide bonds.